The third-order valence-corrected chi connectivity index (χ3v) is 1.88. The Morgan fingerprint density at radius 3 is 2.53 bits per heavy atom. The smallest absolute Gasteiger partial charge is 0.320 e. The van der Waals surface area contributed by atoms with Crippen molar-refractivity contribution in [1.82, 2.24) is 10.2 Å². The largest absolute Gasteiger partial charge is 0.480 e. The molecule has 0 aromatic heterocycles. The van der Waals surface area contributed by atoms with Gasteiger partial charge in [-0.3, -0.25) is 9.59 Å². The molecule has 0 aromatic rings. The molecule has 0 aliphatic rings. The number of aliphatic carboxylic acids is 1. The number of carboxylic acids is 1. The van der Waals surface area contributed by atoms with Gasteiger partial charge < -0.3 is 21.1 Å². The average molecular weight is 217 g/mol. The normalized spacial score (nSPS) is 12.5. The van der Waals surface area contributed by atoms with Crippen LogP contribution in [0.4, 0.5) is 0 Å². The molecule has 1 amide bonds. The summed E-state index contributed by atoms with van der Waals surface area (Å²) >= 11 is 0. The molecule has 0 aliphatic carbocycles. The quantitative estimate of drug-likeness (QED) is 0.501. The van der Waals surface area contributed by atoms with Crippen LogP contribution >= 0.6 is 0 Å². The zero-order valence-corrected chi connectivity index (χ0v) is 9.19. The Morgan fingerprint density at radius 1 is 1.47 bits per heavy atom. The van der Waals surface area contributed by atoms with Crippen LogP contribution in [0, 0.1) is 0 Å². The van der Waals surface area contributed by atoms with Crippen molar-refractivity contribution < 1.29 is 14.7 Å². The lowest BCUT2D eigenvalue weighted by atomic mass is 10.1. The molecule has 15 heavy (non-hydrogen) atoms. The maximum absolute atomic E-state index is 11.2. The van der Waals surface area contributed by atoms with Gasteiger partial charge in [0.2, 0.25) is 5.91 Å². The van der Waals surface area contributed by atoms with Crippen LogP contribution in [0.1, 0.15) is 12.8 Å². The van der Waals surface area contributed by atoms with Gasteiger partial charge >= 0.3 is 5.97 Å². The number of nitrogens with one attached hydrogen (secondary N) is 1. The molecule has 0 radical (unpaired) electrons. The zero-order valence-electron chi connectivity index (χ0n) is 9.19. The van der Waals surface area contributed by atoms with Gasteiger partial charge in [0.15, 0.2) is 0 Å². The Morgan fingerprint density at radius 2 is 2.07 bits per heavy atom. The molecule has 0 spiro atoms. The van der Waals surface area contributed by atoms with E-state index < -0.39 is 12.0 Å². The molecule has 6 heteroatoms. The SMILES string of the molecule is CN(C)CCNC(=O)CCC(N)C(=O)O. The molecule has 0 aromatic carbocycles. The number of hydrogen-bond donors (Lipinski definition) is 3. The first-order valence-corrected chi connectivity index (χ1v) is 4.83. The predicted octanol–water partition coefficient (Wildman–Crippen LogP) is -1.14. The molecule has 0 bridgehead atoms. The number of carbonyl (C=O) groups is 2. The lowest BCUT2D eigenvalue weighted by molar-refractivity contribution is -0.138. The second-order valence-electron chi connectivity index (χ2n) is 3.64. The van der Waals surface area contributed by atoms with Crippen molar-refractivity contribution in [3.8, 4) is 0 Å². The predicted molar refractivity (Wildman–Crippen MR) is 56.4 cm³/mol. The topological polar surface area (TPSA) is 95.7 Å². The van der Waals surface area contributed by atoms with Crippen LogP contribution in [-0.4, -0.2) is 55.1 Å². The first-order valence-electron chi connectivity index (χ1n) is 4.83. The van der Waals surface area contributed by atoms with Gasteiger partial charge in [0.1, 0.15) is 6.04 Å². The Hall–Kier alpha value is -1.14. The number of carbonyl (C=O) groups excluding carboxylic acids is 1. The minimum absolute atomic E-state index is 0.154. The van der Waals surface area contributed by atoms with Crippen LogP contribution < -0.4 is 11.1 Å². The number of hydrogen-bond acceptors (Lipinski definition) is 4. The van der Waals surface area contributed by atoms with Gasteiger partial charge in [0.25, 0.3) is 0 Å². The van der Waals surface area contributed by atoms with E-state index in [0.29, 0.717) is 6.54 Å². The second kappa shape index (κ2) is 7.19. The number of carboxylic acid groups (broad SMARTS) is 1. The number of nitrogens with zero attached hydrogens (tertiary/aromatic N) is 1. The average Bonchev–Trinajstić information content (AvgIpc) is 2.13. The molecule has 6 nitrogen and oxygen atoms in total. The first kappa shape index (κ1) is 13.9. The fourth-order valence-electron chi connectivity index (χ4n) is 0.917. The Balaban J connectivity index is 3.53. The Labute approximate surface area is 89.4 Å². The molecule has 0 heterocycles. The third-order valence-electron chi connectivity index (χ3n) is 1.88. The van der Waals surface area contributed by atoms with E-state index in [-0.39, 0.29) is 18.7 Å². The van der Waals surface area contributed by atoms with E-state index >= 15 is 0 Å². The number of likely N-dealkylation sites (N-methyl/N-ethyl adjacent to an activating group) is 1. The summed E-state index contributed by atoms with van der Waals surface area (Å²) in [6, 6.07) is -0.954. The van der Waals surface area contributed by atoms with Crippen LogP contribution in [0.3, 0.4) is 0 Å². The van der Waals surface area contributed by atoms with Crippen molar-refractivity contribution in [1.29, 1.82) is 0 Å². The van der Waals surface area contributed by atoms with Crippen molar-refractivity contribution in [2.24, 2.45) is 5.73 Å². The van der Waals surface area contributed by atoms with Gasteiger partial charge in [-0.25, -0.2) is 0 Å². The summed E-state index contributed by atoms with van der Waals surface area (Å²) in [5, 5.41) is 11.2. The molecule has 0 aliphatic heterocycles. The molecule has 1 unspecified atom stereocenters. The monoisotopic (exact) mass is 217 g/mol. The first-order chi connectivity index (χ1) is 6.93. The summed E-state index contributed by atoms with van der Waals surface area (Å²) in [5.74, 6) is -1.23. The maximum atomic E-state index is 11.2. The van der Waals surface area contributed by atoms with Crippen molar-refractivity contribution in [3.63, 3.8) is 0 Å². The van der Waals surface area contributed by atoms with Crippen molar-refractivity contribution in [2.75, 3.05) is 27.2 Å². The summed E-state index contributed by atoms with van der Waals surface area (Å²) < 4.78 is 0. The minimum Gasteiger partial charge on any atom is -0.480 e. The van der Waals surface area contributed by atoms with E-state index in [1.165, 1.54) is 0 Å². The zero-order chi connectivity index (χ0) is 11.8. The van der Waals surface area contributed by atoms with Gasteiger partial charge in [0, 0.05) is 19.5 Å². The second-order valence-corrected chi connectivity index (χ2v) is 3.64. The van der Waals surface area contributed by atoms with E-state index in [1.54, 1.807) is 0 Å². The lowest BCUT2D eigenvalue weighted by Gasteiger charge is -2.10. The molecule has 0 rings (SSSR count). The summed E-state index contributed by atoms with van der Waals surface area (Å²) in [6.45, 7) is 1.32. The minimum atomic E-state index is -1.07. The summed E-state index contributed by atoms with van der Waals surface area (Å²) in [4.78, 5) is 23.5. The van der Waals surface area contributed by atoms with Crippen molar-refractivity contribution in [2.45, 2.75) is 18.9 Å². The van der Waals surface area contributed by atoms with Crippen molar-refractivity contribution in [3.05, 3.63) is 0 Å². The lowest BCUT2D eigenvalue weighted by Crippen LogP contribution is -2.34. The molecule has 88 valence electrons. The molecule has 0 saturated heterocycles. The number of nitrogens with two attached hydrogens (primary N) is 1. The van der Waals surface area contributed by atoms with Crippen LogP contribution in [0.5, 0.6) is 0 Å². The van der Waals surface area contributed by atoms with E-state index in [2.05, 4.69) is 5.32 Å². The highest BCUT2D eigenvalue weighted by Gasteiger charge is 2.12. The number of amides is 1. The Bertz CT molecular complexity index is 219. The summed E-state index contributed by atoms with van der Waals surface area (Å²) in [5.41, 5.74) is 5.25. The molecule has 0 saturated carbocycles. The summed E-state index contributed by atoms with van der Waals surface area (Å²) in [6.07, 6.45) is 0.323. The fourth-order valence-corrected chi connectivity index (χ4v) is 0.917. The number of rotatable bonds is 7. The standard InChI is InChI=1S/C9H19N3O3/c1-12(2)6-5-11-8(13)4-3-7(10)9(14)15/h7H,3-6,10H2,1-2H3,(H,11,13)(H,14,15). The summed E-state index contributed by atoms with van der Waals surface area (Å²) in [7, 11) is 3.82. The van der Waals surface area contributed by atoms with E-state index in [9.17, 15) is 9.59 Å². The van der Waals surface area contributed by atoms with Crippen LogP contribution in [0.25, 0.3) is 0 Å². The highest BCUT2D eigenvalue weighted by atomic mass is 16.4. The van der Waals surface area contributed by atoms with Crippen LogP contribution in [0.15, 0.2) is 0 Å². The molecule has 4 N–H and O–H groups in total. The molecule has 0 fully saturated rings. The van der Waals surface area contributed by atoms with Crippen LogP contribution in [-0.2, 0) is 9.59 Å². The van der Waals surface area contributed by atoms with Crippen LogP contribution in [0.2, 0.25) is 0 Å². The Kier molecular flexibility index (Phi) is 6.64. The highest BCUT2D eigenvalue weighted by Crippen LogP contribution is 1.94. The molecular weight excluding hydrogens is 198 g/mol. The van der Waals surface area contributed by atoms with Gasteiger partial charge in [-0.05, 0) is 20.5 Å². The highest BCUT2D eigenvalue weighted by molar-refractivity contribution is 5.78. The van der Waals surface area contributed by atoms with E-state index in [0.717, 1.165) is 6.54 Å². The van der Waals surface area contributed by atoms with Gasteiger partial charge in [-0.1, -0.05) is 0 Å². The van der Waals surface area contributed by atoms with E-state index in [4.69, 9.17) is 10.8 Å². The molecule has 1 atom stereocenters. The maximum Gasteiger partial charge on any atom is 0.320 e. The molecular formula is C9H19N3O3. The van der Waals surface area contributed by atoms with Gasteiger partial charge in [0.05, 0.1) is 0 Å². The van der Waals surface area contributed by atoms with Gasteiger partial charge in [-0.2, -0.15) is 0 Å². The van der Waals surface area contributed by atoms with E-state index in [1.807, 2.05) is 19.0 Å². The third kappa shape index (κ3) is 7.90. The van der Waals surface area contributed by atoms with Crippen molar-refractivity contribution >= 4 is 11.9 Å². The fraction of sp³-hybridized carbons (Fsp3) is 0.778. The van der Waals surface area contributed by atoms with Gasteiger partial charge in [-0.15, -0.1) is 0 Å².